The standard InChI is InChI=1S/C30H39ClN6O4S/c1-20(2)35-13-7-21(8-14-35)32-29(39)40-27-18-23(28(38)36-15-11-30(12-16-36)9-3-4-10-30)33-37(27)19-22-17-24(41-34-22)25-5-6-26(31)42-25/h5-6,17-18,20-21H,3-4,7-16,19H2,1-2H3,(H,32,39). The van der Waals surface area contributed by atoms with E-state index in [-0.39, 0.29) is 30.1 Å². The van der Waals surface area contributed by atoms with Gasteiger partial charge < -0.3 is 24.4 Å². The largest absolute Gasteiger partial charge is 0.414 e. The Bertz CT molecular complexity index is 1390. The highest BCUT2D eigenvalue weighted by molar-refractivity contribution is 7.19. The Morgan fingerprint density at radius 3 is 2.52 bits per heavy atom. The van der Waals surface area contributed by atoms with E-state index in [1.807, 2.05) is 23.1 Å². The van der Waals surface area contributed by atoms with Crippen molar-refractivity contribution < 1.29 is 18.8 Å². The van der Waals surface area contributed by atoms with Gasteiger partial charge in [0.2, 0.25) is 5.88 Å². The number of hydrogen-bond donors (Lipinski definition) is 1. The van der Waals surface area contributed by atoms with Crippen LogP contribution in [0.1, 0.15) is 81.4 Å². The summed E-state index contributed by atoms with van der Waals surface area (Å²) in [4.78, 5) is 31.7. The van der Waals surface area contributed by atoms with Gasteiger partial charge in [0.1, 0.15) is 5.69 Å². The second-order valence-electron chi connectivity index (χ2n) is 12.2. The van der Waals surface area contributed by atoms with Crippen molar-refractivity contribution in [2.75, 3.05) is 26.2 Å². The minimum absolute atomic E-state index is 0.0388. The smallest absolute Gasteiger partial charge is 0.391 e. The van der Waals surface area contributed by atoms with Gasteiger partial charge in [-0.15, -0.1) is 11.3 Å². The maximum Gasteiger partial charge on any atom is 0.414 e. The summed E-state index contributed by atoms with van der Waals surface area (Å²) in [7, 11) is 0. The number of carbonyl (C=O) groups excluding carboxylic acids is 2. The number of hydrogen-bond acceptors (Lipinski definition) is 8. The molecule has 1 aliphatic carbocycles. The van der Waals surface area contributed by atoms with Crippen LogP contribution in [0.25, 0.3) is 10.6 Å². The molecule has 6 rings (SSSR count). The number of carbonyl (C=O) groups is 2. The van der Waals surface area contributed by atoms with E-state index in [0.29, 0.717) is 27.2 Å². The highest BCUT2D eigenvalue weighted by atomic mass is 35.5. The number of nitrogens with one attached hydrogen (secondary N) is 1. The Kier molecular flexibility index (Phi) is 8.61. The average Bonchev–Trinajstić information content (AvgIpc) is 3.79. The van der Waals surface area contributed by atoms with E-state index in [2.05, 4.69) is 34.3 Å². The summed E-state index contributed by atoms with van der Waals surface area (Å²) in [5, 5.41) is 11.8. The molecular formula is C30H39ClN6O4S. The zero-order valence-corrected chi connectivity index (χ0v) is 25.9. The molecule has 0 aromatic carbocycles. The number of aromatic nitrogens is 3. The molecule has 10 nitrogen and oxygen atoms in total. The molecule has 3 fully saturated rings. The number of thiophene rings is 1. The van der Waals surface area contributed by atoms with Gasteiger partial charge in [0.05, 0.1) is 15.8 Å². The van der Waals surface area contributed by atoms with Gasteiger partial charge in [-0.3, -0.25) is 4.79 Å². The molecule has 0 atom stereocenters. The number of nitrogens with zero attached hydrogens (tertiary/aromatic N) is 5. The molecule has 0 unspecified atom stereocenters. The lowest BCUT2D eigenvalue weighted by Gasteiger charge is -2.39. The Morgan fingerprint density at radius 2 is 1.86 bits per heavy atom. The lowest BCUT2D eigenvalue weighted by Crippen LogP contribution is -2.47. The summed E-state index contributed by atoms with van der Waals surface area (Å²) < 4.78 is 13.5. The maximum atomic E-state index is 13.5. The molecular weight excluding hydrogens is 576 g/mol. The fraction of sp³-hybridized carbons (Fsp3) is 0.600. The van der Waals surface area contributed by atoms with Crippen molar-refractivity contribution in [2.24, 2.45) is 5.41 Å². The fourth-order valence-electron chi connectivity index (χ4n) is 6.62. The third kappa shape index (κ3) is 6.53. The summed E-state index contributed by atoms with van der Waals surface area (Å²) in [6.45, 7) is 7.87. The van der Waals surface area contributed by atoms with E-state index in [4.69, 9.17) is 20.9 Å². The molecule has 12 heteroatoms. The number of halogens is 1. The van der Waals surface area contributed by atoms with Crippen LogP contribution in [0.4, 0.5) is 4.79 Å². The van der Waals surface area contributed by atoms with Crippen LogP contribution < -0.4 is 10.1 Å². The highest BCUT2D eigenvalue weighted by Crippen LogP contribution is 2.46. The molecule has 0 bridgehead atoms. The molecule has 3 aromatic rings. The minimum Gasteiger partial charge on any atom is -0.391 e. The quantitative estimate of drug-likeness (QED) is 0.345. The molecule has 1 saturated carbocycles. The normalized spacial score (nSPS) is 19.6. The van der Waals surface area contributed by atoms with Crippen molar-refractivity contribution in [3.8, 4) is 16.5 Å². The SMILES string of the molecule is CC(C)N1CCC(NC(=O)Oc2cc(C(=O)N3CCC4(CCCC4)CC3)nn2Cc2cc(-c3ccc(Cl)s3)on2)CC1. The first-order valence-electron chi connectivity index (χ1n) is 15.1. The summed E-state index contributed by atoms with van der Waals surface area (Å²) in [5.74, 6) is 0.651. The van der Waals surface area contributed by atoms with E-state index in [0.717, 1.165) is 56.7 Å². The van der Waals surface area contributed by atoms with Crippen molar-refractivity contribution in [2.45, 2.75) is 83.8 Å². The van der Waals surface area contributed by atoms with Crippen LogP contribution in [0, 0.1) is 5.41 Å². The molecule has 2 amide bonds. The van der Waals surface area contributed by atoms with Gasteiger partial charge in [-0.25, -0.2) is 9.48 Å². The lowest BCUT2D eigenvalue weighted by molar-refractivity contribution is 0.0581. The molecule has 226 valence electrons. The van der Waals surface area contributed by atoms with Crippen molar-refractivity contribution >= 4 is 34.9 Å². The Hall–Kier alpha value is -2.89. The van der Waals surface area contributed by atoms with Gasteiger partial charge in [-0.05, 0) is 69.9 Å². The van der Waals surface area contributed by atoms with Crippen molar-refractivity contribution in [3.63, 3.8) is 0 Å². The average molecular weight is 615 g/mol. The van der Waals surface area contributed by atoms with Crippen molar-refractivity contribution in [3.05, 3.63) is 40.0 Å². The van der Waals surface area contributed by atoms with Crippen LogP contribution in [0.15, 0.2) is 28.8 Å². The topological polar surface area (TPSA) is 106 Å². The van der Waals surface area contributed by atoms with Crippen molar-refractivity contribution in [1.82, 2.24) is 30.1 Å². The van der Waals surface area contributed by atoms with Crippen LogP contribution in [-0.2, 0) is 6.54 Å². The first-order valence-corrected chi connectivity index (χ1v) is 16.3. The number of ether oxygens (including phenoxy) is 1. The molecule has 2 aliphatic heterocycles. The Labute approximate surface area is 255 Å². The van der Waals surface area contributed by atoms with E-state index in [1.54, 1.807) is 6.07 Å². The third-order valence-electron chi connectivity index (χ3n) is 9.20. The van der Waals surface area contributed by atoms with E-state index in [1.165, 1.54) is 41.7 Å². The molecule has 1 spiro atoms. The summed E-state index contributed by atoms with van der Waals surface area (Å²) in [6.07, 6.45) is 8.37. The third-order valence-corrected chi connectivity index (χ3v) is 10.4. The van der Waals surface area contributed by atoms with Crippen LogP contribution in [-0.4, -0.2) is 75.0 Å². The summed E-state index contributed by atoms with van der Waals surface area (Å²) in [6, 6.07) is 7.59. The van der Waals surface area contributed by atoms with Gasteiger partial charge in [0.15, 0.2) is 11.5 Å². The summed E-state index contributed by atoms with van der Waals surface area (Å²) >= 11 is 7.49. The number of amides is 2. The first kappa shape index (κ1) is 29.2. The van der Waals surface area contributed by atoms with Crippen LogP contribution in [0.3, 0.4) is 0 Å². The second-order valence-corrected chi connectivity index (χ2v) is 14.0. The zero-order chi connectivity index (χ0) is 29.3. The number of rotatable bonds is 7. The van der Waals surface area contributed by atoms with Gasteiger partial charge in [0.25, 0.3) is 5.91 Å². The Balaban J connectivity index is 1.16. The van der Waals surface area contributed by atoms with Crippen LogP contribution in [0.2, 0.25) is 4.34 Å². The maximum absolute atomic E-state index is 13.5. The molecule has 42 heavy (non-hydrogen) atoms. The molecule has 1 N–H and O–H groups in total. The first-order chi connectivity index (χ1) is 20.3. The minimum atomic E-state index is -0.548. The molecule has 0 radical (unpaired) electrons. The van der Waals surface area contributed by atoms with E-state index in [9.17, 15) is 9.59 Å². The van der Waals surface area contributed by atoms with Crippen molar-refractivity contribution in [1.29, 1.82) is 0 Å². The molecule has 5 heterocycles. The number of piperidine rings is 2. The molecule has 3 aromatic heterocycles. The highest BCUT2D eigenvalue weighted by Gasteiger charge is 2.38. The van der Waals surface area contributed by atoms with Crippen LogP contribution in [0.5, 0.6) is 5.88 Å². The lowest BCUT2D eigenvalue weighted by atomic mass is 9.77. The molecule has 3 aliphatic rings. The molecule has 2 saturated heterocycles. The van der Waals surface area contributed by atoms with Crippen LogP contribution >= 0.6 is 22.9 Å². The number of likely N-dealkylation sites (tertiary alicyclic amines) is 2. The second kappa shape index (κ2) is 12.4. The fourth-order valence-corrected chi connectivity index (χ4v) is 7.62. The van der Waals surface area contributed by atoms with Gasteiger partial charge in [0, 0.05) is 50.4 Å². The predicted octanol–water partition coefficient (Wildman–Crippen LogP) is 6.06. The van der Waals surface area contributed by atoms with Gasteiger partial charge in [-0.2, -0.15) is 5.10 Å². The van der Waals surface area contributed by atoms with Gasteiger partial charge >= 0.3 is 6.09 Å². The van der Waals surface area contributed by atoms with Gasteiger partial charge in [-0.1, -0.05) is 29.6 Å². The predicted molar refractivity (Wildman–Crippen MR) is 161 cm³/mol. The van der Waals surface area contributed by atoms with E-state index < -0.39 is 6.09 Å². The Morgan fingerprint density at radius 1 is 1.12 bits per heavy atom. The van der Waals surface area contributed by atoms with E-state index >= 15 is 0 Å². The monoisotopic (exact) mass is 614 g/mol. The summed E-state index contributed by atoms with van der Waals surface area (Å²) in [5.41, 5.74) is 1.26. The zero-order valence-electron chi connectivity index (χ0n) is 24.3.